The summed E-state index contributed by atoms with van der Waals surface area (Å²) in [6, 6.07) is 12.0. The smallest absolute Gasteiger partial charge is 0.261 e. The second-order valence-corrected chi connectivity index (χ2v) is 8.36. The van der Waals surface area contributed by atoms with Crippen molar-refractivity contribution in [3.05, 3.63) is 56.7 Å². The van der Waals surface area contributed by atoms with Crippen LogP contribution in [-0.2, 0) is 0 Å². The van der Waals surface area contributed by atoms with Crippen LogP contribution in [0, 0.1) is 5.92 Å². The Labute approximate surface area is 157 Å². The van der Waals surface area contributed by atoms with Crippen molar-refractivity contribution in [3.63, 3.8) is 0 Å². The lowest BCUT2D eigenvalue weighted by atomic mass is 9.84. The van der Waals surface area contributed by atoms with E-state index >= 15 is 0 Å². The van der Waals surface area contributed by atoms with Gasteiger partial charge in [0.2, 0.25) is 0 Å². The molecule has 0 aliphatic carbocycles. The molecular formula is C20H21ClN2OS. The molecule has 0 spiro atoms. The predicted molar refractivity (Wildman–Crippen MR) is 105 cm³/mol. The van der Waals surface area contributed by atoms with E-state index in [0.717, 1.165) is 26.9 Å². The van der Waals surface area contributed by atoms with Gasteiger partial charge in [0.05, 0.1) is 4.88 Å². The highest BCUT2D eigenvalue weighted by Crippen LogP contribution is 2.28. The van der Waals surface area contributed by atoms with Gasteiger partial charge in [-0.3, -0.25) is 4.79 Å². The molecule has 1 atom stereocenters. The molecule has 5 rings (SSSR count). The van der Waals surface area contributed by atoms with E-state index in [-0.39, 0.29) is 5.91 Å². The van der Waals surface area contributed by atoms with Gasteiger partial charge >= 0.3 is 0 Å². The normalized spacial score (nSPS) is 25.4. The molecule has 130 valence electrons. The summed E-state index contributed by atoms with van der Waals surface area (Å²) >= 11 is 7.53. The van der Waals surface area contributed by atoms with Gasteiger partial charge in [0.25, 0.3) is 5.91 Å². The quantitative estimate of drug-likeness (QED) is 0.862. The number of fused-ring (bicyclic) bond motifs is 3. The van der Waals surface area contributed by atoms with Crippen LogP contribution < -0.4 is 5.32 Å². The molecule has 3 fully saturated rings. The van der Waals surface area contributed by atoms with Crippen molar-refractivity contribution >= 4 is 41.0 Å². The number of carbonyl (C=O) groups excluding carboxylic acids is 1. The van der Waals surface area contributed by atoms with Crippen molar-refractivity contribution in [3.8, 4) is 0 Å². The van der Waals surface area contributed by atoms with Crippen LogP contribution in [0.5, 0.6) is 0 Å². The van der Waals surface area contributed by atoms with Crippen LogP contribution in [0.2, 0.25) is 5.02 Å². The van der Waals surface area contributed by atoms with Crippen molar-refractivity contribution in [1.29, 1.82) is 0 Å². The van der Waals surface area contributed by atoms with Crippen molar-refractivity contribution in [2.45, 2.75) is 18.9 Å². The van der Waals surface area contributed by atoms with Gasteiger partial charge in [-0.05, 0) is 67.8 Å². The Morgan fingerprint density at radius 3 is 2.76 bits per heavy atom. The molecule has 1 unspecified atom stereocenters. The summed E-state index contributed by atoms with van der Waals surface area (Å²) in [6.45, 7) is 3.38. The Morgan fingerprint density at radius 2 is 2.04 bits per heavy atom. The fourth-order valence-electron chi connectivity index (χ4n) is 3.72. The highest BCUT2D eigenvalue weighted by atomic mass is 35.5. The van der Waals surface area contributed by atoms with Crippen molar-refractivity contribution in [2.24, 2.45) is 5.92 Å². The maximum absolute atomic E-state index is 12.6. The Bertz CT molecular complexity index is 792. The molecule has 1 amide bonds. The first kappa shape index (κ1) is 16.8. The average molecular weight is 373 g/mol. The molecule has 0 radical (unpaired) electrons. The predicted octanol–water partition coefficient (Wildman–Crippen LogP) is 4.40. The first-order valence-electron chi connectivity index (χ1n) is 8.74. The molecule has 1 aromatic carbocycles. The Balaban J connectivity index is 1.39. The standard InChI is InChI=1S/C20H21ClN2OS/c21-16-3-1-2-14(12-16)4-5-17-6-7-19(25-17)20(24)22-18-13-23-10-8-15(18)9-11-23/h1-7,12,15,18H,8-11,13H2,(H,22,24). The first-order valence-corrected chi connectivity index (χ1v) is 9.93. The third kappa shape index (κ3) is 3.97. The fraction of sp³-hybridized carbons (Fsp3) is 0.350. The maximum Gasteiger partial charge on any atom is 0.261 e. The van der Waals surface area contributed by atoms with Gasteiger partial charge in [-0.2, -0.15) is 0 Å². The summed E-state index contributed by atoms with van der Waals surface area (Å²) in [6.07, 6.45) is 6.47. The molecule has 1 aromatic heterocycles. The van der Waals surface area contributed by atoms with E-state index < -0.39 is 0 Å². The number of hydrogen-bond acceptors (Lipinski definition) is 3. The maximum atomic E-state index is 12.6. The van der Waals surface area contributed by atoms with Crippen molar-refractivity contribution in [2.75, 3.05) is 19.6 Å². The summed E-state index contributed by atoms with van der Waals surface area (Å²) in [5.41, 5.74) is 1.05. The van der Waals surface area contributed by atoms with E-state index in [0.29, 0.717) is 12.0 Å². The number of rotatable bonds is 4. The Hall–Kier alpha value is -1.62. The number of amides is 1. The van der Waals surface area contributed by atoms with Gasteiger partial charge < -0.3 is 10.2 Å². The number of halogens is 1. The molecular weight excluding hydrogens is 352 g/mol. The summed E-state index contributed by atoms with van der Waals surface area (Å²) in [7, 11) is 0. The zero-order valence-corrected chi connectivity index (χ0v) is 15.5. The Morgan fingerprint density at radius 1 is 1.20 bits per heavy atom. The monoisotopic (exact) mass is 372 g/mol. The summed E-state index contributed by atoms with van der Waals surface area (Å²) in [5, 5.41) is 3.98. The topological polar surface area (TPSA) is 32.3 Å². The van der Waals surface area contributed by atoms with Crippen molar-refractivity contribution < 1.29 is 4.79 Å². The van der Waals surface area contributed by atoms with Crippen LogP contribution in [0.4, 0.5) is 0 Å². The highest BCUT2D eigenvalue weighted by molar-refractivity contribution is 7.14. The van der Waals surface area contributed by atoms with Crippen LogP contribution in [-0.4, -0.2) is 36.5 Å². The zero-order chi connectivity index (χ0) is 17.2. The van der Waals surface area contributed by atoms with E-state index in [9.17, 15) is 4.79 Å². The third-order valence-electron chi connectivity index (χ3n) is 5.11. The molecule has 2 bridgehead atoms. The van der Waals surface area contributed by atoms with Gasteiger partial charge in [-0.15, -0.1) is 11.3 Å². The van der Waals surface area contributed by atoms with Crippen LogP contribution >= 0.6 is 22.9 Å². The summed E-state index contributed by atoms with van der Waals surface area (Å²) < 4.78 is 0. The number of benzene rings is 1. The van der Waals surface area contributed by atoms with Crippen molar-refractivity contribution in [1.82, 2.24) is 10.2 Å². The van der Waals surface area contributed by atoms with E-state index in [2.05, 4.69) is 10.2 Å². The van der Waals surface area contributed by atoms with Crippen LogP contribution in [0.15, 0.2) is 36.4 Å². The molecule has 3 aliphatic rings. The molecule has 25 heavy (non-hydrogen) atoms. The van der Waals surface area contributed by atoms with Gasteiger partial charge in [0, 0.05) is 22.5 Å². The zero-order valence-electron chi connectivity index (χ0n) is 14.0. The average Bonchev–Trinajstić information content (AvgIpc) is 3.10. The van der Waals surface area contributed by atoms with Crippen LogP contribution in [0.3, 0.4) is 0 Å². The largest absolute Gasteiger partial charge is 0.347 e. The van der Waals surface area contributed by atoms with Crippen LogP contribution in [0.1, 0.15) is 33.0 Å². The lowest BCUT2D eigenvalue weighted by Crippen LogP contribution is -2.57. The summed E-state index contributed by atoms with van der Waals surface area (Å²) in [5.74, 6) is 0.710. The number of piperidine rings is 3. The lowest BCUT2D eigenvalue weighted by Gasteiger charge is -2.44. The minimum absolute atomic E-state index is 0.0613. The minimum atomic E-state index is 0.0613. The van der Waals surface area contributed by atoms with Crippen LogP contribution in [0.25, 0.3) is 12.2 Å². The van der Waals surface area contributed by atoms with E-state index in [1.807, 2.05) is 48.6 Å². The minimum Gasteiger partial charge on any atom is -0.347 e. The van der Waals surface area contributed by atoms with Gasteiger partial charge in [0.15, 0.2) is 0 Å². The fourth-order valence-corrected chi connectivity index (χ4v) is 4.73. The molecule has 3 aliphatic heterocycles. The lowest BCUT2D eigenvalue weighted by molar-refractivity contribution is 0.0622. The first-order chi connectivity index (χ1) is 12.2. The number of carbonyl (C=O) groups is 1. The van der Waals surface area contributed by atoms with Gasteiger partial charge in [-0.1, -0.05) is 29.8 Å². The van der Waals surface area contributed by atoms with Gasteiger partial charge in [-0.25, -0.2) is 0 Å². The SMILES string of the molecule is O=C(NC1CN2CCC1CC2)c1ccc(C=Cc2cccc(Cl)c2)s1. The number of hydrogen-bond donors (Lipinski definition) is 1. The molecule has 3 saturated heterocycles. The second kappa shape index (κ2) is 7.32. The van der Waals surface area contributed by atoms with Gasteiger partial charge in [0.1, 0.15) is 0 Å². The molecule has 5 heteroatoms. The molecule has 4 heterocycles. The number of thiophene rings is 1. The number of nitrogens with one attached hydrogen (secondary N) is 1. The third-order valence-corrected chi connectivity index (χ3v) is 6.40. The molecule has 0 saturated carbocycles. The highest BCUT2D eigenvalue weighted by Gasteiger charge is 2.35. The second-order valence-electron chi connectivity index (χ2n) is 6.81. The molecule has 3 nitrogen and oxygen atoms in total. The van der Waals surface area contributed by atoms with E-state index in [1.54, 1.807) is 0 Å². The van der Waals surface area contributed by atoms with E-state index in [4.69, 9.17) is 11.6 Å². The Kier molecular flexibility index (Phi) is 4.93. The van der Waals surface area contributed by atoms with E-state index in [1.165, 1.54) is 37.3 Å². The number of nitrogens with zero attached hydrogens (tertiary/aromatic N) is 1. The molecule has 1 N–H and O–H groups in total. The summed E-state index contributed by atoms with van der Waals surface area (Å²) in [4.78, 5) is 16.9. The molecule has 2 aromatic rings.